The van der Waals surface area contributed by atoms with E-state index in [0.29, 0.717) is 5.56 Å². The van der Waals surface area contributed by atoms with Crippen LogP contribution in [0.3, 0.4) is 0 Å². The number of hydrogen-bond donors (Lipinski definition) is 1. The molecule has 0 fully saturated rings. The van der Waals surface area contributed by atoms with Gasteiger partial charge in [-0.2, -0.15) is 0 Å². The molecule has 0 aromatic heterocycles. The van der Waals surface area contributed by atoms with Crippen LogP contribution in [-0.4, -0.2) is 11.1 Å². The van der Waals surface area contributed by atoms with Crippen molar-refractivity contribution in [3.63, 3.8) is 0 Å². The van der Waals surface area contributed by atoms with E-state index in [2.05, 4.69) is 30.3 Å². The number of benzene rings is 3. The van der Waals surface area contributed by atoms with Crippen LogP contribution in [0.15, 0.2) is 66.7 Å². The molecule has 0 aliphatic rings. The van der Waals surface area contributed by atoms with Crippen LogP contribution in [0.2, 0.25) is 0 Å². The van der Waals surface area contributed by atoms with Crippen LogP contribution in [0.25, 0.3) is 22.9 Å². The lowest BCUT2D eigenvalue weighted by atomic mass is 10.0. The number of carboxylic acid groups (broad SMARTS) is 1. The number of carbonyl (C=O) groups is 1. The number of carboxylic acids is 1. The summed E-state index contributed by atoms with van der Waals surface area (Å²) in [7, 11) is 0. The molecule has 3 aromatic rings. The summed E-state index contributed by atoms with van der Waals surface area (Å²) in [5, 5.41) is 11.3. The van der Waals surface area contributed by atoms with Crippen molar-refractivity contribution >= 4 is 28.9 Å². The average molecular weight is 274 g/mol. The highest BCUT2D eigenvalue weighted by Crippen LogP contribution is 2.20. The summed E-state index contributed by atoms with van der Waals surface area (Å²) in [5.41, 5.74) is 2.43. The molecular weight excluding hydrogens is 260 g/mol. The molecule has 0 heterocycles. The SMILES string of the molecule is O=C(O)c1ccc(/C=C/c2cccc3ccccc23)cc1. The fraction of sp³-hybridized carbons (Fsp3) is 0. The highest BCUT2D eigenvalue weighted by molar-refractivity contribution is 5.93. The third kappa shape index (κ3) is 2.84. The van der Waals surface area contributed by atoms with Gasteiger partial charge in [0.15, 0.2) is 0 Å². The normalized spacial score (nSPS) is 11.0. The zero-order valence-electron chi connectivity index (χ0n) is 11.4. The highest BCUT2D eigenvalue weighted by atomic mass is 16.4. The van der Waals surface area contributed by atoms with Gasteiger partial charge in [0.1, 0.15) is 0 Å². The summed E-state index contributed by atoms with van der Waals surface area (Å²) in [4.78, 5) is 10.8. The smallest absolute Gasteiger partial charge is 0.335 e. The van der Waals surface area contributed by atoms with Crippen LogP contribution < -0.4 is 0 Å². The number of hydrogen-bond acceptors (Lipinski definition) is 1. The Morgan fingerprint density at radius 2 is 1.52 bits per heavy atom. The molecule has 0 saturated carbocycles. The first-order chi connectivity index (χ1) is 10.2. The second kappa shape index (κ2) is 5.63. The van der Waals surface area contributed by atoms with Crippen molar-refractivity contribution in [2.75, 3.05) is 0 Å². The molecule has 0 amide bonds. The Morgan fingerprint density at radius 3 is 2.29 bits per heavy atom. The Labute approximate surface area is 123 Å². The van der Waals surface area contributed by atoms with Crippen molar-refractivity contribution in [1.29, 1.82) is 0 Å². The van der Waals surface area contributed by atoms with Crippen LogP contribution >= 0.6 is 0 Å². The minimum absolute atomic E-state index is 0.303. The van der Waals surface area contributed by atoms with Crippen LogP contribution in [-0.2, 0) is 0 Å². The molecule has 0 unspecified atom stereocenters. The van der Waals surface area contributed by atoms with Crippen molar-refractivity contribution in [3.8, 4) is 0 Å². The Morgan fingerprint density at radius 1 is 0.810 bits per heavy atom. The van der Waals surface area contributed by atoms with Crippen LogP contribution in [0.1, 0.15) is 21.5 Å². The van der Waals surface area contributed by atoms with Crippen LogP contribution in [0.4, 0.5) is 0 Å². The Hall–Kier alpha value is -2.87. The molecule has 102 valence electrons. The second-order valence-corrected chi connectivity index (χ2v) is 4.83. The van der Waals surface area contributed by atoms with Gasteiger partial charge in [-0.15, -0.1) is 0 Å². The van der Waals surface area contributed by atoms with E-state index >= 15 is 0 Å². The van der Waals surface area contributed by atoms with E-state index in [-0.39, 0.29) is 0 Å². The molecule has 2 heteroatoms. The summed E-state index contributed by atoms with van der Waals surface area (Å²) in [6, 6.07) is 21.3. The van der Waals surface area contributed by atoms with E-state index in [9.17, 15) is 4.79 Å². The highest BCUT2D eigenvalue weighted by Gasteiger charge is 2.00. The lowest BCUT2D eigenvalue weighted by molar-refractivity contribution is 0.0697. The van der Waals surface area contributed by atoms with Gasteiger partial charge in [0, 0.05) is 0 Å². The topological polar surface area (TPSA) is 37.3 Å². The Balaban J connectivity index is 1.92. The van der Waals surface area contributed by atoms with Crippen molar-refractivity contribution < 1.29 is 9.90 Å². The molecule has 0 radical (unpaired) electrons. The third-order valence-electron chi connectivity index (χ3n) is 3.44. The average Bonchev–Trinajstić information content (AvgIpc) is 2.53. The van der Waals surface area contributed by atoms with E-state index in [1.165, 1.54) is 10.8 Å². The molecule has 21 heavy (non-hydrogen) atoms. The zero-order valence-corrected chi connectivity index (χ0v) is 11.4. The molecule has 0 atom stereocenters. The maximum absolute atomic E-state index is 10.8. The van der Waals surface area contributed by atoms with Gasteiger partial charge in [-0.25, -0.2) is 4.79 Å². The maximum Gasteiger partial charge on any atom is 0.335 e. The van der Waals surface area contributed by atoms with Gasteiger partial charge in [-0.3, -0.25) is 0 Å². The monoisotopic (exact) mass is 274 g/mol. The molecule has 0 saturated heterocycles. The molecule has 0 aliphatic carbocycles. The Kier molecular flexibility index (Phi) is 3.52. The molecule has 3 aromatic carbocycles. The third-order valence-corrected chi connectivity index (χ3v) is 3.44. The number of fused-ring (bicyclic) bond motifs is 1. The van der Waals surface area contributed by atoms with Crippen molar-refractivity contribution in [2.45, 2.75) is 0 Å². The largest absolute Gasteiger partial charge is 0.478 e. The number of aromatic carboxylic acids is 1. The summed E-state index contributed by atoms with van der Waals surface area (Å²) in [6.07, 6.45) is 4.05. The summed E-state index contributed by atoms with van der Waals surface area (Å²) in [5.74, 6) is -0.903. The second-order valence-electron chi connectivity index (χ2n) is 4.83. The van der Waals surface area contributed by atoms with E-state index in [4.69, 9.17) is 5.11 Å². The minimum Gasteiger partial charge on any atom is -0.478 e. The first-order valence-electron chi connectivity index (χ1n) is 6.73. The van der Waals surface area contributed by atoms with E-state index < -0.39 is 5.97 Å². The van der Waals surface area contributed by atoms with Crippen molar-refractivity contribution in [2.24, 2.45) is 0 Å². The van der Waals surface area contributed by atoms with Crippen LogP contribution in [0.5, 0.6) is 0 Å². The van der Waals surface area contributed by atoms with Gasteiger partial charge < -0.3 is 5.11 Å². The fourth-order valence-electron chi connectivity index (χ4n) is 2.32. The quantitative estimate of drug-likeness (QED) is 0.702. The summed E-state index contributed by atoms with van der Waals surface area (Å²) < 4.78 is 0. The fourth-order valence-corrected chi connectivity index (χ4v) is 2.32. The first-order valence-corrected chi connectivity index (χ1v) is 6.73. The van der Waals surface area contributed by atoms with Gasteiger partial charge in [0.05, 0.1) is 5.56 Å². The molecule has 1 N–H and O–H groups in total. The van der Waals surface area contributed by atoms with Crippen molar-refractivity contribution in [3.05, 3.63) is 83.4 Å². The van der Waals surface area contributed by atoms with Crippen LogP contribution in [0, 0.1) is 0 Å². The standard InChI is InChI=1S/C19H14O2/c20-19(21)17-12-9-14(10-13-17)8-11-16-6-3-5-15-4-1-2-7-18(15)16/h1-13H,(H,20,21)/b11-8+. The van der Waals surface area contributed by atoms with E-state index in [0.717, 1.165) is 11.1 Å². The lowest BCUT2D eigenvalue weighted by Crippen LogP contribution is -1.94. The molecule has 0 aliphatic heterocycles. The minimum atomic E-state index is -0.903. The zero-order chi connectivity index (χ0) is 14.7. The lowest BCUT2D eigenvalue weighted by Gasteiger charge is -2.02. The van der Waals surface area contributed by atoms with E-state index in [1.54, 1.807) is 12.1 Å². The first kappa shape index (κ1) is 13.1. The predicted molar refractivity (Wildman–Crippen MR) is 86.3 cm³/mol. The molecule has 0 bridgehead atoms. The molecular formula is C19H14O2. The number of rotatable bonds is 3. The molecule has 3 rings (SSSR count). The Bertz CT molecular complexity index is 809. The molecule has 2 nitrogen and oxygen atoms in total. The summed E-state index contributed by atoms with van der Waals surface area (Å²) in [6.45, 7) is 0. The van der Waals surface area contributed by atoms with Gasteiger partial charge in [0.25, 0.3) is 0 Å². The summed E-state index contributed by atoms with van der Waals surface area (Å²) >= 11 is 0. The predicted octanol–water partition coefficient (Wildman–Crippen LogP) is 4.71. The van der Waals surface area contributed by atoms with E-state index in [1.807, 2.05) is 36.4 Å². The maximum atomic E-state index is 10.8. The van der Waals surface area contributed by atoms with Gasteiger partial charge in [0.2, 0.25) is 0 Å². The van der Waals surface area contributed by atoms with Crippen molar-refractivity contribution in [1.82, 2.24) is 0 Å². The molecule has 0 spiro atoms. The van der Waals surface area contributed by atoms with Gasteiger partial charge in [-0.1, -0.05) is 66.7 Å². The van der Waals surface area contributed by atoms with Gasteiger partial charge >= 0.3 is 5.97 Å². The van der Waals surface area contributed by atoms with Gasteiger partial charge in [-0.05, 0) is 34.0 Å².